The third-order valence-electron chi connectivity index (χ3n) is 4.38. The number of amides is 2. The molecule has 1 unspecified atom stereocenters. The quantitative estimate of drug-likeness (QED) is 0.857. The highest BCUT2D eigenvalue weighted by Crippen LogP contribution is 2.36. The van der Waals surface area contributed by atoms with Gasteiger partial charge in [-0.1, -0.05) is 19.9 Å². The lowest BCUT2D eigenvalue weighted by atomic mass is 9.72. The summed E-state index contributed by atoms with van der Waals surface area (Å²) < 4.78 is 5.06. The number of rotatable bonds is 3. The van der Waals surface area contributed by atoms with Crippen LogP contribution in [0.4, 0.5) is 5.69 Å². The van der Waals surface area contributed by atoms with Gasteiger partial charge in [-0.15, -0.1) is 0 Å². The summed E-state index contributed by atoms with van der Waals surface area (Å²) in [5.74, 6) is -1.51. The van der Waals surface area contributed by atoms with Crippen LogP contribution >= 0.6 is 0 Å². The number of dihydropyridines is 1. The van der Waals surface area contributed by atoms with Gasteiger partial charge in [-0.3, -0.25) is 14.4 Å². The van der Waals surface area contributed by atoms with Crippen LogP contribution in [0.15, 0.2) is 40.9 Å². The molecule has 25 heavy (non-hydrogen) atoms. The molecule has 2 amide bonds. The monoisotopic (exact) mass is 340 g/mol. The molecule has 0 spiro atoms. The van der Waals surface area contributed by atoms with Crippen molar-refractivity contribution in [2.75, 3.05) is 12.4 Å². The zero-order chi connectivity index (χ0) is 18.2. The Kier molecular flexibility index (Phi) is 4.29. The van der Waals surface area contributed by atoms with Gasteiger partial charge in [0.2, 0.25) is 5.91 Å². The van der Waals surface area contributed by atoms with Crippen molar-refractivity contribution in [1.29, 1.82) is 0 Å². The fraction of sp³-hybridized carbons (Fsp3) is 0.368. The number of methoxy groups -OCH3 is 1. The molecule has 1 aliphatic heterocycles. The molecule has 0 bridgehead atoms. The number of ketones is 1. The van der Waals surface area contributed by atoms with Crippen molar-refractivity contribution in [2.45, 2.75) is 26.7 Å². The molecule has 130 valence electrons. The average molecular weight is 340 g/mol. The molecule has 1 aromatic rings. The minimum absolute atomic E-state index is 0.0650. The lowest BCUT2D eigenvalue weighted by Gasteiger charge is -2.32. The number of anilines is 1. The standard InChI is InChI=1S/C19H20N2O4/c1-19(2)9-15-13(16(22)10-19)8-14(18(24)21-15)17(23)20-11-4-6-12(25-3)7-5-11/h4-8,14H,9-10H2,1-3H3,(H,20,23). The third-order valence-corrected chi connectivity index (χ3v) is 4.38. The number of carbonyl (C=O) groups is 3. The van der Waals surface area contributed by atoms with Crippen molar-refractivity contribution < 1.29 is 19.1 Å². The minimum atomic E-state index is -1.08. The second kappa shape index (κ2) is 6.27. The van der Waals surface area contributed by atoms with Gasteiger partial charge in [-0.2, -0.15) is 0 Å². The first kappa shape index (κ1) is 17.1. The molecule has 6 nitrogen and oxygen atoms in total. The molecule has 2 aliphatic rings. The van der Waals surface area contributed by atoms with Crippen molar-refractivity contribution in [2.24, 2.45) is 16.3 Å². The van der Waals surface area contributed by atoms with E-state index in [0.29, 0.717) is 35.6 Å². The number of benzene rings is 1. The van der Waals surface area contributed by atoms with Crippen LogP contribution < -0.4 is 10.1 Å². The molecule has 0 radical (unpaired) electrons. The van der Waals surface area contributed by atoms with E-state index in [0.717, 1.165) is 0 Å². The normalized spacial score (nSPS) is 21.8. The molecule has 1 fully saturated rings. The third kappa shape index (κ3) is 3.52. The smallest absolute Gasteiger partial charge is 0.262 e. The van der Waals surface area contributed by atoms with E-state index in [1.54, 1.807) is 31.4 Å². The van der Waals surface area contributed by atoms with E-state index in [9.17, 15) is 14.4 Å². The molecule has 0 aromatic heterocycles. The van der Waals surface area contributed by atoms with Gasteiger partial charge < -0.3 is 10.1 Å². The number of hydrogen-bond acceptors (Lipinski definition) is 4. The minimum Gasteiger partial charge on any atom is -0.497 e. The van der Waals surface area contributed by atoms with Gasteiger partial charge in [-0.05, 0) is 36.1 Å². The molecular weight excluding hydrogens is 320 g/mol. The Hall–Kier alpha value is -2.76. The van der Waals surface area contributed by atoms with E-state index in [1.165, 1.54) is 6.08 Å². The van der Waals surface area contributed by atoms with Crippen LogP contribution in [-0.4, -0.2) is 30.4 Å². The Bertz CT molecular complexity index is 803. The van der Waals surface area contributed by atoms with Crippen molar-refractivity contribution in [3.05, 3.63) is 35.9 Å². The summed E-state index contributed by atoms with van der Waals surface area (Å²) in [4.78, 5) is 41.1. The van der Waals surface area contributed by atoms with Crippen molar-refractivity contribution in [3.8, 4) is 5.75 Å². The lowest BCUT2D eigenvalue weighted by Crippen LogP contribution is -2.38. The molecular formula is C19H20N2O4. The topological polar surface area (TPSA) is 84.8 Å². The maximum atomic E-state index is 12.5. The number of carbonyl (C=O) groups excluding carboxylic acids is 3. The van der Waals surface area contributed by atoms with Gasteiger partial charge in [0, 0.05) is 17.7 Å². The zero-order valence-corrected chi connectivity index (χ0v) is 14.5. The summed E-state index contributed by atoms with van der Waals surface area (Å²) in [6, 6.07) is 6.78. The van der Waals surface area contributed by atoms with Crippen LogP contribution in [0.1, 0.15) is 26.7 Å². The van der Waals surface area contributed by atoms with Gasteiger partial charge in [0.15, 0.2) is 5.78 Å². The summed E-state index contributed by atoms with van der Waals surface area (Å²) in [5, 5.41) is 2.68. The number of aliphatic imine (C=N–C) groups is 1. The maximum absolute atomic E-state index is 12.5. The Morgan fingerprint density at radius 2 is 1.88 bits per heavy atom. The maximum Gasteiger partial charge on any atom is 0.262 e. The lowest BCUT2D eigenvalue weighted by molar-refractivity contribution is -0.128. The molecule has 1 aromatic carbocycles. The van der Waals surface area contributed by atoms with Crippen LogP contribution in [0.5, 0.6) is 5.75 Å². The first-order chi connectivity index (χ1) is 11.8. The molecule has 1 N–H and O–H groups in total. The molecule has 3 rings (SSSR count). The van der Waals surface area contributed by atoms with Gasteiger partial charge in [-0.25, -0.2) is 4.99 Å². The van der Waals surface area contributed by atoms with E-state index in [4.69, 9.17) is 4.74 Å². The Morgan fingerprint density at radius 3 is 2.52 bits per heavy atom. The van der Waals surface area contributed by atoms with Crippen LogP contribution in [-0.2, 0) is 14.4 Å². The number of allylic oxidation sites excluding steroid dienone is 1. The second-order valence-electron chi connectivity index (χ2n) is 7.11. The van der Waals surface area contributed by atoms with Crippen molar-refractivity contribution in [3.63, 3.8) is 0 Å². The van der Waals surface area contributed by atoms with Crippen molar-refractivity contribution in [1.82, 2.24) is 0 Å². The van der Waals surface area contributed by atoms with E-state index in [-0.39, 0.29) is 11.2 Å². The summed E-state index contributed by atoms with van der Waals surface area (Å²) in [6.07, 6.45) is 2.41. The number of nitrogens with one attached hydrogen (secondary N) is 1. The Morgan fingerprint density at radius 1 is 1.20 bits per heavy atom. The van der Waals surface area contributed by atoms with Gasteiger partial charge >= 0.3 is 0 Å². The number of nitrogens with zero attached hydrogens (tertiary/aromatic N) is 1. The molecule has 0 saturated heterocycles. The molecule has 1 heterocycles. The van der Waals surface area contributed by atoms with E-state index in [2.05, 4.69) is 10.3 Å². The first-order valence-corrected chi connectivity index (χ1v) is 8.11. The molecule has 6 heteroatoms. The largest absolute Gasteiger partial charge is 0.497 e. The zero-order valence-electron chi connectivity index (χ0n) is 14.5. The number of hydrogen-bond donors (Lipinski definition) is 1. The molecule has 1 saturated carbocycles. The molecule has 1 aliphatic carbocycles. The highest BCUT2D eigenvalue weighted by molar-refractivity contribution is 6.29. The van der Waals surface area contributed by atoms with Crippen LogP contribution in [0, 0.1) is 11.3 Å². The van der Waals surface area contributed by atoms with Crippen molar-refractivity contribution >= 4 is 29.0 Å². The Labute approximate surface area is 146 Å². The van der Waals surface area contributed by atoms with Gasteiger partial charge in [0.25, 0.3) is 5.91 Å². The number of Topliss-reactive ketones (excluding diaryl/α,β-unsaturated/α-hetero) is 1. The molecule has 1 atom stereocenters. The highest BCUT2D eigenvalue weighted by atomic mass is 16.5. The predicted octanol–water partition coefficient (Wildman–Crippen LogP) is 2.55. The van der Waals surface area contributed by atoms with Crippen LogP contribution in [0.25, 0.3) is 0 Å². The van der Waals surface area contributed by atoms with E-state index < -0.39 is 17.7 Å². The van der Waals surface area contributed by atoms with Gasteiger partial charge in [0.05, 0.1) is 12.8 Å². The fourth-order valence-corrected chi connectivity index (χ4v) is 3.11. The second-order valence-corrected chi connectivity index (χ2v) is 7.11. The van der Waals surface area contributed by atoms with Crippen LogP contribution in [0.2, 0.25) is 0 Å². The predicted molar refractivity (Wildman–Crippen MR) is 93.7 cm³/mol. The van der Waals surface area contributed by atoms with Crippen LogP contribution in [0.3, 0.4) is 0 Å². The van der Waals surface area contributed by atoms with E-state index in [1.807, 2.05) is 13.8 Å². The highest BCUT2D eigenvalue weighted by Gasteiger charge is 2.39. The summed E-state index contributed by atoms with van der Waals surface area (Å²) in [7, 11) is 1.55. The number of fused-ring (bicyclic) bond motifs is 1. The summed E-state index contributed by atoms with van der Waals surface area (Å²) in [6.45, 7) is 3.94. The van der Waals surface area contributed by atoms with E-state index >= 15 is 0 Å². The fourth-order valence-electron chi connectivity index (χ4n) is 3.11. The SMILES string of the molecule is COc1ccc(NC(=O)C2C=C3C(=O)CC(C)(C)CC3=NC2=O)cc1. The summed E-state index contributed by atoms with van der Waals surface area (Å²) in [5.41, 5.74) is 1.24. The first-order valence-electron chi connectivity index (χ1n) is 8.11. The summed E-state index contributed by atoms with van der Waals surface area (Å²) >= 11 is 0. The van der Waals surface area contributed by atoms with Gasteiger partial charge in [0.1, 0.15) is 11.7 Å². The Balaban J connectivity index is 1.79. The number of ether oxygens (including phenoxy) is 1. The average Bonchev–Trinajstić information content (AvgIpc) is 2.53.